The number of benzene rings is 9. The average Bonchev–Trinajstić information content (AvgIpc) is 3.46. The van der Waals surface area contributed by atoms with Crippen molar-refractivity contribution >= 4 is 38.6 Å². The maximum atomic E-state index is 2.40. The molecular formula is C53H39N. The van der Waals surface area contributed by atoms with Crippen LogP contribution in [0.25, 0.3) is 66.1 Å². The van der Waals surface area contributed by atoms with Crippen molar-refractivity contribution in [1.82, 2.24) is 0 Å². The molecule has 1 heteroatoms. The standard InChI is InChI=1S/C53H39N/c1-53(2)49-25-15-14-22-43(49)44-33-31-42(35-50(44)53)54(40-20-10-5-11-21-40)41-29-26-36(27-30-41)39-28-32-47-48(34-39)52(38-18-8-4-9-19-38)46-24-13-12-23-45(46)51(47)37-16-6-3-7-17-37/h3-35H,1-2H3. The molecule has 0 radical (unpaired) electrons. The zero-order valence-electron chi connectivity index (χ0n) is 30.5. The first-order valence-electron chi connectivity index (χ1n) is 18.9. The maximum Gasteiger partial charge on any atom is 0.0465 e. The van der Waals surface area contributed by atoms with Gasteiger partial charge in [-0.25, -0.2) is 0 Å². The Morgan fingerprint density at radius 2 is 0.796 bits per heavy atom. The molecule has 9 aromatic rings. The zero-order valence-corrected chi connectivity index (χ0v) is 30.5. The number of hydrogen-bond donors (Lipinski definition) is 0. The molecule has 54 heavy (non-hydrogen) atoms. The molecule has 0 atom stereocenters. The van der Waals surface area contributed by atoms with E-state index in [1.165, 1.54) is 77.2 Å². The van der Waals surface area contributed by atoms with Gasteiger partial charge in [-0.15, -0.1) is 0 Å². The van der Waals surface area contributed by atoms with E-state index in [1.54, 1.807) is 0 Å². The van der Waals surface area contributed by atoms with Crippen molar-refractivity contribution < 1.29 is 0 Å². The smallest absolute Gasteiger partial charge is 0.0465 e. The molecule has 1 aliphatic rings. The van der Waals surface area contributed by atoms with Gasteiger partial charge in [0.2, 0.25) is 0 Å². The van der Waals surface area contributed by atoms with Gasteiger partial charge < -0.3 is 4.90 Å². The van der Waals surface area contributed by atoms with Crippen LogP contribution in [-0.2, 0) is 5.41 Å². The number of rotatable bonds is 6. The highest BCUT2D eigenvalue weighted by Gasteiger charge is 2.35. The third-order valence-corrected chi connectivity index (χ3v) is 11.4. The quantitative estimate of drug-likeness (QED) is 0.157. The van der Waals surface area contributed by atoms with Crippen molar-refractivity contribution in [1.29, 1.82) is 0 Å². The summed E-state index contributed by atoms with van der Waals surface area (Å²) in [5.74, 6) is 0. The van der Waals surface area contributed by atoms with Gasteiger partial charge in [0.25, 0.3) is 0 Å². The summed E-state index contributed by atoms with van der Waals surface area (Å²) in [5.41, 5.74) is 16.2. The third kappa shape index (κ3) is 5.16. The Balaban J connectivity index is 1.11. The molecule has 0 unspecified atom stereocenters. The number of anilines is 3. The Labute approximate surface area is 317 Å². The molecule has 0 fully saturated rings. The summed E-state index contributed by atoms with van der Waals surface area (Å²) in [5, 5.41) is 5.05. The molecule has 0 aliphatic heterocycles. The third-order valence-electron chi connectivity index (χ3n) is 11.4. The minimum absolute atomic E-state index is 0.0749. The molecule has 0 bridgehead atoms. The molecule has 0 spiro atoms. The number of nitrogens with zero attached hydrogens (tertiary/aromatic N) is 1. The second-order valence-electron chi connectivity index (χ2n) is 14.9. The van der Waals surface area contributed by atoms with Gasteiger partial charge in [-0.1, -0.05) is 172 Å². The van der Waals surface area contributed by atoms with Gasteiger partial charge in [0.05, 0.1) is 0 Å². The molecule has 0 saturated carbocycles. The summed E-state index contributed by atoms with van der Waals surface area (Å²) in [6.07, 6.45) is 0. The lowest BCUT2D eigenvalue weighted by Gasteiger charge is -2.28. The highest BCUT2D eigenvalue weighted by molar-refractivity contribution is 6.22. The average molecular weight is 690 g/mol. The van der Waals surface area contributed by atoms with E-state index in [2.05, 4.69) is 219 Å². The van der Waals surface area contributed by atoms with E-state index in [-0.39, 0.29) is 5.41 Å². The summed E-state index contributed by atoms with van der Waals surface area (Å²) < 4.78 is 0. The van der Waals surface area contributed by atoms with Crippen LogP contribution >= 0.6 is 0 Å². The van der Waals surface area contributed by atoms with Crippen molar-refractivity contribution in [3.8, 4) is 44.5 Å². The predicted octanol–water partition coefficient (Wildman–Crippen LogP) is 14.8. The predicted molar refractivity (Wildman–Crippen MR) is 230 cm³/mol. The van der Waals surface area contributed by atoms with E-state index in [1.807, 2.05) is 0 Å². The van der Waals surface area contributed by atoms with Crippen molar-refractivity contribution in [2.75, 3.05) is 4.90 Å². The molecule has 1 nitrogen and oxygen atoms in total. The van der Waals surface area contributed by atoms with Crippen molar-refractivity contribution in [3.63, 3.8) is 0 Å². The van der Waals surface area contributed by atoms with Gasteiger partial charge in [0.15, 0.2) is 0 Å². The molecule has 10 rings (SSSR count). The van der Waals surface area contributed by atoms with Crippen molar-refractivity contribution in [2.45, 2.75) is 19.3 Å². The van der Waals surface area contributed by atoms with E-state index in [0.717, 1.165) is 17.1 Å². The second kappa shape index (κ2) is 12.8. The van der Waals surface area contributed by atoms with E-state index in [9.17, 15) is 0 Å². The van der Waals surface area contributed by atoms with E-state index in [0.29, 0.717) is 0 Å². The molecule has 0 amide bonds. The number of hydrogen-bond acceptors (Lipinski definition) is 1. The minimum Gasteiger partial charge on any atom is -0.310 e. The van der Waals surface area contributed by atoms with Crippen molar-refractivity contribution in [2.24, 2.45) is 0 Å². The Bertz CT molecular complexity index is 2820. The summed E-state index contributed by atoms with van der Waals surface area (Å²) >= 11 is 0. The fourth-order valence-corrected chi connectivity index (χ4v) is 8.85. The fourth-order valence-electron chi connectivity index (χ4n) is 8.85. The second-order valence-corrected chi connectivity index (χ2v) is 14.9. The van der Waals surface area contributed by atoms with Gasteiger partial charge in [-0.2, -0.15) is 0 Å². The van der Waals surface area contributed by atoms with Gasteiger partial charge >= 0.3 is 0 Å². The highest BCUT2D eigenvalue weighted by Crippen LogP contribution is 2.51. The first-order chi connectivity index (χ1) is 26.6. The Kier molecular flexibility index (Phi) is 7.56. The highest BCUT2D eigenvalue weighted by atomic mass is 15.1. The lowest BCUT2D eigenvalue weighted by Crippen LogP contribution is -2.16. The van der Waals surface area contributed by atoms with Crippen LogP contribution in [0.15, 0.2) is 200 Å². The van der Waals surface area contributed by atoms with Crippen LogP contribution in [0, 0.1) is 0 Å². The number of para-hydroxylation sites is 1. The van der Waals surface area contributed by atoms with Gasteiger partial charge in [0.1, 0.15) is 0 Å². The van der Waals surface area contributed by atoms with E-state index >= 15 is 0 Å². The molecule has 0 heterocycles. The Morgan fingerprint density at radius 3 is 1.46 bits per heavy atom. The Morgan fingerprint density at radius 1 is 0.315 bits per heavy atom. The van der Waals surface area contributed by atoms with Crippen LogP contribution in [0.5, 0.6) is 0 Å². The molecule has 256 valence electrons. The van der Waals surface area contributed by atoms with Crippen LogP contribution in [0.2, 0.25) is 0 Å². The first kappa shape index (κ1) is 32.0. The normalized spacial score (nSPS) is 12.8. The lowest BCUT2D eigenvalue weighted by atomic mass is 9.82. The molecule has 0 N–H and O–H groups in total. The molecule has 0 aromatic heterocycles. The van der Waals surface area contributed by atoms with Gasteiger partial charge in [0, 0.05) is 22.5 Å². The van der Waals surface area contributed by atoms with E-state index < -0.39 is 0 Å². The van der Waals surface area contributed by atoms with Gasteiger partial charge in [-0.05, 0) is 120 Å². The van der Waals surface area contributed by atoms with Crippen LogP contribution in [-0.4, -0.2) is 0 Å². The van der Waals surface area contributed by atoms with Gasteiger partial charge in [-0.3, -0.25) is 0 Å². The van der Waals surface area contributed by atoms with Crippen LogP contribution < -0.4 is 4.90 Å². The SMILES string of the molecule is CC1(C)c2ccccc2-c2ccc(N(c3ccccc3)c3ccc(-c4ccc5c(-c6ccccc6)c6ccccc6c(-c6ccccc6)c5c4)cc3)cc21. The fraction of sp³-hybridized carbons (Fsp3) is 0.0566. The van der Waals surface area contributed by atoms with E-state index in [4.69, 9.17) is 0 Å². The lowest BCUT2D eigenvalue weighted by molar-refractivity contribution is 0.660. The maximum absolute atomic E-state index is 2.40. The first-order valence-corrected chi connectivity index (χ1v) is 18.9. The zero-order chi connectivity index (χ0) is 36.2. The summed E-state index contributed by atoms with van der Waals surface area (Å²) in [6.45, 7) is 4.70. The molecule has 1 aliphatic carbocycles. The largest absolute Gasteiger partial charge is 0.310 e. The Hall–Kier alpha value is -6.70. The minimum atomic E-state index is -0.0749. The monoisotopic (exact) mass is 689 g/mol. The van der Waals surface area contributed by atoms with Crippen LogP contribution in [0.3, 0.4) is 0 Å². The topological polar surface area (TPSA) is 3.24 Å². The summed E-state index contributed by atoms with van der Waals surface area (Å²) in [4.78, 5) is 2.38. The molecular weight excluding hydrogens is 651 g/mol. The summed E-state index contributed by atoms with van der Waals surface area (Å²) in [7, 11) is 0. The van der Waals surface area contributed by atoms with Crippen LogP contribution in [0.1, 0.15) is 25.0 Å². The summed E-state index contributed by atoms with van der Waals surface area (Å²) in [6, 6.07) is 73.3. The number of fused-ring (bicyclic) bond motifs is 5. The molecule has 9 aromatic carbocycles. The van der Waals surface area contributed by atoms with Crippen molar-refractivity contribution in [3.05, 3.63) is 211 Å². The van der Waals surface area contributed by atoms with Crippen LogP contribution in [0.4, 0.5) is 17.1 Å². The molecule has 0 saturated heterocycles.